The number of anilines is 1. The third kappa shape index (κ3) is 7.64. The van der Waals surface area contributed by atoms with E-state index in [2.05, 4.69) is 16.0 Å². The summed E-state index contributed by atoms with van der Waals surface area (Å²) in [7, 11) is 0. The first-order valence-corrected chi connectivity index (χ1v) is 10.1. The molecule has 1 saturated carbocycles. The smallest absolute Gasteiger partial charge is 0.306 e. The molecular formula is C20H27N3O4S. The van der Waals surface area contributed by atoms with Crippen molar-refractivity contribution in [2.75, 3.05) is 11.9 Å². The highest BCUT2D eigenvalue weighted by Gasteiger charge is 2.17. The highest BCUT2D eigenvalue weighted by molar-refractivity contribution is 7.80. The van der Waals surface area contributed by atoms with Crippen LogP contribution < -0.4 is 16.0 Å². The number of hydrogen-bond acceptors (Lipinski definition) is 5. The van der Waals surface area contributed by atoms with Gasteiger partial charge in [0, 0.05) is 23.7 Å². The van der Waals surface area contributed by atoms with Gasteiger partial charge in [-0.3, -0.25) is 14.4 Å². The molecule has 1 aliphatic carbocycles. The zero-order valence-corrected chi connectivity index (χ0v) is 16.9. The predicted molar refractivity (Wildman–Crippen MR) is 111 cm³/mol. The number of amides is 2. The molecule has 0 bridgehead atoms. The van der Waals surface area contributed by atoms with Crippen molar-refractivity contribution in [1.29, 1.82) is 0 Å². The lowest BCUT2D eigenvalue weighted by Crippen LogP contribution is -2.36. The third-order valence-electron chi connectivity index (χ3n) is 4.44. The average Bonchev–Trinajstić information content (AvgIpc) is 2.67. The molecule has 8 heteroatoms. The SMILES string of the molecule is CCOC(=O)CCC(=O)NC(=S)Nc1cccc(C(=O)NC2CCCCC2)c1. The molecule has 0 saturated heterocycles. The molecule has 0 atom stereocenters. The molecule has 1 aromatic carbocycles. The summed E-state index contributed by atoms with van der Waals surface area (Å²) >= 11 is 5.12. The topological polar surface area (TPSA) is 96.5 Å². The highest BCUT2D eigenvalue weighted by atomic mass is 32.1. The number of ether oxygens (including phenoxy) is 1. The molecule has 3 N–H and O–H groups in total. The van der Waals surface area contributed by atoms with Gasteiger partial charge in [0.2, 0.25) is 5.91 Å². The minimum atomic E-state index is -0.423. The van der Waals surface area contributed by atoms with E-state index in [1.807, 2.05) is 0 Å². The van der Waals surface area contributed by atoms with Crippen molar-refractivity contribution in [3.63, 3.8) is 0 Å². The standard InChI is InChI=1S/C20H27N3O4S/c1-2-27-18(25)12-11-17(24)23-20(28)22-16-10-6-7-14(13-16)19(26)21-15-8-4-3-5-9-15/h6-7,10,13,15H,2-5,8-9,11-12H2,1H3,(H,21,26)(H2,22,23,24,28). The van der Waals surface area contributed by atoms with Crippen LogP contribution in [0.3, 0.4) is 0 Å². The van der Waals surface area contributed by atoms with Crippen molar-refractivity contribution in [1.82, 2.24) is 10.6 Å². The normalized spacial score (nSPS) is 14.0. The van der Waals surface area contributed by atoms with Gasteiger partial charge in [-0.25, -0.2) is 0 Å². The fourth-order valence-electron chi connectivity index (χ4n) is 3.05. The van der Waals surface area contributed by atoms with Gasteiger partial charge in [-0.15, -0.1) is 0 Å². The Balaban J connectivity index is 1.82. The quantitative estimate of drug-likeness (QED) is 0.477. The number of hydrogen-bond donors (Lipinski definition) is 3. The van der Waals surface area contributed by atoms with E-state index in [-0.39, 0.29) is 42.4 Å². The van der Waals surface area contributed by atoms with Gasteiger partial charge < -0.3 is 20.7 Å². The molecule has 152 valence electrons. The van der Waals surface area contributed by atoms with E-state index in [1.54, 1.807) is 31.2 Å². The lowest BCUT2D eigenvalue weighted by Gasteiger charge is -2.22. The summed E-state index contributed by atoms with van der Waals surface area (Å²) in [4.78, 5) is 35.6. The number of benzene rings is 1. The monoisotopic (exact) mass is 405 g/mol. The molecule has 0 aromatic heterocycles. The number of esters is 1. The first kappa shape index (κ1) is 21.8. The van der Waals surface area contributed by atoms with Gasteiger partial charge in [0.05, 0.1) is 13.0 Å². The molecule has 0 aliphatic heterocycles. The van der Waals surface area contributed by atoms with E-state index in [9.17, 15) is 14.4 Å². The summed E-state index contributed by atoms with van der Waals surface area (Å²) in [5, 5.41) is 8.58. The van der Waals surface area contributed by atoms with Crippen LogP contribution in [0.15, 0.2) is 24.3 Å². The van der Waals surface area contributed by atoms with Crippen LogP contribution in [0, 0.1) is 0 Å². The molecule has 0 unspecified atom stereocenters. The Labute approximate surface area is 170 Å². The minimum Gasteiger partial charge on any atom is -0.466 e. The molecule has 1 fully saturated rings. The fourth-order valence-corrected chi connectivity index (χ4v) is 3.29. The summed E-state index contributed by atoms with van der Waals surface area (Å²) in [5.74, 6) is -0.912. The largest absolute Gasteiger partial charge is 0.466 e. The maximum Gasteiger partial charge on any atom is 0.306 e. The Hall–Kier alpha value is -2.48. The highest BCUT2D eigenvalue weighted by Crippen LogP contribution is 2.18. The van der Waals surface area contributed by atoms with Gasteiger partial charge in [0.1, 0.15) is 0 Å². The molecular weight excluding hydrogens is 378 g/mol. The van der Waals surface area contributed by atoms with E-state index in [1.165, 1.54) is 6.42 Å². The molecule has 2 amide bonds. The lowest BCUT2D eigenvalue weighted by molar-refractivity contribution is -0.144. The van der Waals surface area contributed by atoms with Crippen LogP contribution in [0.1, 0.15) is 62.2 Å². The fraction of sp³-hybridized carbons (Fsp3) is 0.500. The molecule has 1 aliphatic rings. The number of rotatable bonds is 7. The predicted octanol–water partition coefficient (Wildman–Crippen LogP) is 2.91. The molecule has 0 spiro atoms. The first-order chi connectivity index (χ1) is 13.5. The number of carbonyl (C=O) groups excluding carboxylic acids is 3. The Morgan fingerprint density at radius 3 is 2.61 bits per heavy atom. The number of carbonyl (C=O) groups is 3. The van der Waals surface area contributed by atoms with Crippen LogP contribution in [-0.4, -0.2) is 35.5 Å². The van der Waals surface area contributed by atoms with Crippen LogP contribution in [-0.2, 0) is 14.3 Å². The van der Waals surface area contributed by atoms with Gasteiger partial charge in [0.15, 0.2) is 5.11 Å². The third-order valence-corrected chi connectivity index (χ3v) is 4.64. The minimum absolute atomic E-state index is 0.000883. The van der Waals surface area contributed by atoms with E-state index in [0.29, 0.717) is 11.3 Å². The Morgan fingerprint density at radius 1 is 1.14 bits per heavy atom. The van der Waals surface area contributed by atoms with Crippen molar-refractivity contribution >= 4 is 40.8 Å². The van der Waals surface area contributed by atoms with E-state index >= 15 is 0 Å². The van der Waals surface area contributed by atoms with Crippen molar-refractivity contribution in [2.24, 2.45) is 0 Å². The van der Waals surface area contributed by atoms with E-state index in [0.717, 1.165) is 25.7 Å². The van der Waals surface area contributed by atoms with Crippen LogP contribution in [0.5, 0.6) is 0 Å². The molecule has 0 heterocycles. The second-order valence-corrected chi connectivity index (χ2v) is 7.10. The van der Waals surface area contributed by atoms with Crippen molar-refractivity contribution in [3.05, 3.63) is 29.8 Å². The summed E-state index contributed by atoms with van der Waals surface area (Å²) in [5.41, 5.74) is 1.14. The summed E-state index contributed by atoms with van der Waals surface area (Å²) < 4.78 is 4.78. The molecule has 28 heavy (non-hydrogen) atoms. The van der Waals surface area contributed by atoms with Crippen molar-refractivity contribution in [3.8, 4) is 0 Å². The van der Waals surface area contributed by atoms with Gasteiger partial charge in [-0.2, -0.15) is 0 Å². The Bertz CT molecular complexity index is 717. The van der Waals surface area contributed by atoms with Crippen LogP contribution >= 0.6 is 12.2 Å². The molecule has 2 rings (SSSR count). The number of thiocarbonyl (C=S) groups is 1. The summed E-state index contributed by atoms with van der Waals surface area (Å²) in [6.45, 7) is 1.99. The molecule has 7 nitrogen and oxygen atoms in total. The maximum absolute atomic E-state index is 12.4. The second kappa shape index (κ2) is 11.4. The molecule has 0 radical (unpaired) electrons. The van der Waals surface area contributed by atoms with Crippen LogP contribution in [0.2, 0.25) is 0 Å². The lowest BCUT2D eigenvalue weighted by atomic mass is 9.95. The summed E-state index contributed by atoms with van der Waals surface area (Å²) in [6, 6.07) is 7.18. The van der Waals surface area contributed by atoms with Gasteiger partial charge >= 0.3 is 5.97 Å². The summed E-state index contributed by atoms with van der Waals surface area (Å²) in [6.07, 6.45) is 5.56. The van der Waals surface area contributed by atoms with Gasteiger partial charge in [-0.05, 0) is 50.2 Å². The zero-order valence-electron chi connectivity index (χ0n) is 16.1. The van der Waals surface area contributed by atoms with Crippen molar-refractivity contribution < 1.29 is 19.1 Å². The maximum atomic E-state index is 12.4. The zero-order chi connectivity index (χ0) is 20.4. The average molecular weight is 406 g/mol. The van der Waals surface area contributed by atoms with Gasteiger partial charge in [-0.1, -0.05) is 25.3 Å². The molecule has 1 aromatic rings. The second-order valence-electron chi connectivity index (χ2n) is 6.70. The van der Waals surface area contributed by atoms with Crippen LogP contribution in [0.4, 0.5) is 5.69 Å². The Morgan fingerprint density at radius 2 is 1.89 bits per heavy atom. The Kier molecular flexibility index (Phi) is 8.87. The van der Waals surface area contributed by atoms with Gasteiger partial charge in [0.25, 0.3) is 5.91 Å². The van der Waals surface area contributed by atoms with E-state index in [4.69, 9.17) is 17.0 Å². The van der Waals surface area contributed by atoms with Crippen molar-refractivity contribution in [2.45, 2.75) is 57.9 Å². The first-order valence-electron chi connectivity index (χ1n) is 9.65. The van der Waals surface area contributed by atoms with E-state index < -0.39 is 5.97 Å². The van der Waals surface area contributed by atoms with Crippen LogP contribution in [0.25, 0.3) is 0 Å². The number of nitrogens with one attached hydrogen (secondary N) is 3.